The number of nitrogens with one attached hydrogen (secondary N) is 1. The van der Waals surface area contributed by atoms with Gasteiger partial charge in [0.25, 0.3) is 0 Å². The first-order valence-corrected chi connectivity index (χ1v) is 7.31. The predicted molar refractivity (Wildman–Crippen MR) is 77.5 cm³/mol. The van der Waals surface area contributed by atoms with Crippen molar-refractivity contribution in [3.8, 4) is 0 Å². The Kier molecular flexibility index (Phi) is 4.94. The van der Waals surface area contributed by atoms with E-state index in [1.54, 1.807) is 6.07 Å². The molecule has 2 rings (SSSR count). The van der Waals surface area contributed by atoms with Crippen LogP contribution in [0.2, 0.25) is 0 Å². The lowest BCUT2D eigenvalue weighted by Crippen LogP contribution is -2.27. The van der Waals surface area contributed by atoms with Crippen LogP contribution < -0.4 is 5.32 Å². The van der Waals surface area contributed by atoms with E-state index in [0.29, 0.717) is 12.1 Å². The SMILES string of the molecule is CC(C)NCc1ccc(F)c(CN2CCCC2C)c1. The predicted octanol–water partition coefficient (Wildman–Crippen LogP) is 3.31. The molecule has 0 amide bonds. The topological polar surface area (TPSA) is 15.3 Å². The average Bonchev–Trinajstić information content (AvgIpc) is 2.76. The van der Waals surface area contributed by atoms with Gasteiger partial charge in [-0.1, -0.05) is 26.0 Å². The summed E-state index contributed by atoms with van der Waals surface area (Å²) < 4.78 is 13.9. The summed E-state index contributed by atoms with van der Waals surface area (Å²) in [5.41, 5.74) is 1.99. The van der Waals surface area contributed by atoms with Crippen LogP contribution in [0.5, 0.6) is 0 Å². The lowest BCUT2D eigenvalue weighted by atomic mass is 10.1. The summed E-state index contributed by atoms with van der Waals surface area (Å²) in [5, 5.41) is 3.37. The Morgan fingerprint density at radius 2 is 2.21 bits per heavy atom. The first-order chi connectivity index (χ1) is 9.06. The maximum Gasteiger partial charge on any atom is 0.127 e. The molecule has 0 bridgehead atoms. The number of nitrogens with zero attached hydrogens (tertiary/aromatic N) is 1. The van der Waals surface area contributed by atoms with Gasteiger partial charge in [0.1, 0.15) is 5.82 Å². The second-order valence-corrected chi connectivity index (χ2v) is 5.92. The molecule has 1 fully saturated rings. The molecule has 1 aliphatic heterocycles. The van der Waals surface area contributed by atoms with Crippen molar-refractivity contribution in [2.24, 2.45) is 0 Å². The van der Waals surface area contributed by atoms with E-state index < -0.39 is 0 Å². The van der Waals surface area contributed by atoms with Crippen LogP contribution in [0.15, 0.2) is 18.2 Å². The highest BCUT2D eigenvalue weighted by Gasteiger charge is 2.21. The Labute approximate surface area is 116 Å². The van der Waals surface area contributed by atoms with Crippen LogP contribution in [0.4, 0.5) is 4.39 Å². The van der Waals surface area contributed by atoms with Crippen molar-refractivity contribution in [3.63, 3.8) is 0 Å². The van der Waals surface area contributed by atoms with Crippen LogP contribution in [-0.2, 0) is 13.1 Å². The molecule has 0 aromatic heterocycles. The molecule has 0 aliphatic carbocycles. The van der Waals surface area contributed by atoms with Crippen molar-refractivity contribution in [2.75, 3.05) is 6.54 Å². The Bertz CT molecular complexity index is 417. The number of halogens is 1. The summed E-state index contributed by atoms with van der Waals surface area (Å²) in [6, 6.07) is 6.52. The molecule has 1 N–H and O–H groups in total. The van der Waals surface area contributed by atoms with Gasteiger partial charge in [-0.3, -0.25) is 4.90 Å². The molecule has 1 aromatic rings. The summed E-state index contributed by atoms with van der Waals surface area (Å²) >= 11 is 0. The van der Waals surface area contributed by atoms with E-state index in [9.17, 15) is 4.39 Å². The van der Waals surface area contributed by atoms with Gasteiger partial charge in [0.2, 0.25) is 0 Å². The standard InChI is InChI=1S/C16H25FN2/c1-12(2)18-10-14-6-7-16(17)15(9-14)11-19-8-4-5-13(19)3/h6-7,9,12-13,18H,4-5,8,10-11H2,1-3H3. The highest BCUT2D eigenvalue weighted by Crippen LogP contribution is 2.21. The van der Waals surface area contributed by atoms with E-state index in [1.165, 1.54) is 12.8 Å². The van der Waals surface area contributed by atoms with Crippen molar-refractivity contribution in [2.45, 2.75) is 58.8 Å². The Hall–Kier alpha value is -0.930. The zero-order chi connectivity index (χ0) is 13.8. The zero-order valence-electron chi connectivity index (χ0n) is 12.2. The highest BCUT2D eigenvalue weighted by atomic mass is 19.1. The number of benzene rings is 1. The van der Waals surface area contributed by atoms with E-state index in [4.69, 9.17) is 0 Å². The third kappa shape index (κ3) is 4.02. The lowest BCUT2D eigenvalue weighted by molar-refractivity contribution is 0.256. The second kappa shape index (κ2) is 6.49. The fraction of sp³-hybridized carbons (Fsp3) is 0.625. The first kappa shape index (κ1) is 14.5. The normalized spacial score (nSPS) is 20.4. The van der Waals surface area contributed by atoms with Crippen LogP contribution >= 0.6 is 0 Å². The van der Waals surface area contributed by atoms with Gasteiger partial charge in [0, 0.05) is 30.7 Å². The lowest BCUT2D eigenvalue weighted by Gasteiger charge is -2.21. The van der Waals surface area contributed by atoms with Gasteiger partial charge >= 0.3 is 0 Å². The van der Waals surface area contributed by atoms with Gasteiger partial charge in [-0.25, -0.2) is 4.39 Å². The van der Waals surface area contributed by atoms with E-state index in [-0.39, 0.29) is 5.82 Å². The number of hydrogen-bond donors (Lipinski definition) is 1. The van der Waals surface area contributed by atoms with Gasteiger partial charge in [0.15, 0.2) is 0 Å². The maximum absolute atomic E-state index is 13.9. The van der Waals surface area contributed by atoms with Gasteiger partial charge in [-0.2, -0.15) is 0 Å². The van der Waals surface area contributed by atoms with Crippen molar-refractivity contribution < 1.29 is 4.39 Å². The van der Waals surface area contributed by atoms with Crippen LogP contribution in [-0.4, -0.2) is 23.5 Å². The highest BCUT2D eigenvalue weighted by molar-refractivity contribution is 5.25. The molecule has 2 nitrogen and oxygen atoms in total. The molecular weight excluding hydrogens is 239 g/mol. The molecule has 0 saturated carbocycles. The van der Waals surface area contributed by atoms with Crippen LogP contribution in [0.1, 0.15) is 44.7 Å². The summed E-state index contributed by atoms with van der Waals surface area (Å²) in [7, 11) is 0. The minimum absolute atomic E-state index is 0.0765. The minimum Gasteiger partial charge on any atom is -0.310 e. The van der Waals surface area contributed by atoms with E-state index >= 15 is 0 Å². The maximum atomic E-state index is 13.9. The van der Waals surface area contributed by atoms with E-state index in [1.807, 2.05) is 12.1 Å². The largest absolute Gasteiger partial charge is 0.310 e. The summed E-state index contributed by atoms with van der Waals surface area (Å²) in [6.07, 6.45) is 2.47. The number of hydrogen-bond acceptors (Lipinski definition) is 2. The fourth-order valence-electron chi connectivity index (χ4n) is 2.63. The first-order valence-electron chi connectivity index (χ1n) is 7.31. The monoisotopic (exact) mass is 264 g/mol. The van der Waals surface area contributed by atoms with Crippen molar-refractivity contribution in [3.05, 3.63) is 35.1 Å². The molecule has 1 unspecified atom stereocenters. The minimum atomic E-state index is -0.0765. The molecule has 1 atom stereocenters. The molecule has 1 saturated heterocycles. The van der Waals surface area contributed by atoms with Crippen LogP contribution in [0.25, 0.3) is 0 Å². The smallest absolute Gasteiger partial charge is 0.127 e. The molecule has 19 heavy (non-hydrogen) atoms. The van der Waals surface area contributed by atoms with E-state index in [2.05, 4.69) is 31.0 Å². The Balaban J connectivity index is 2.04. The van der Waals surface area contributed by atoms with Gasteiger partial charge in [0.05, 0.1) is 0 Å². The van der Waals surface area contributed by atoms with E-state index in [0.717, 1.165) is 30.8 Å². The van der Waals surface area contributed by atoms with Gasteiger partial charge < -0.3 is 5.32 Å². The van der Waals surface area contributed by atoms with Gasteiger partial charge in [-0.05, 0) is 37.9 Å². The quantitative estimate of drug-likeness (QED) is 0.877. The molecule has 1 aromatic carbocycles. The molecule has 1 aliphatic rings. The zero-order valence-corrected chi connectivity index (χ0v) is 12.2. The fourth-order valence-corrected chi connectivity index (χ4v) is 2.63. The summed E-state index contributed by atoms with van der Waals surface area (Å²) in [5.74, 6) is -0.0765. The third-order valence-corrected chi connectivity index (χ3v) is 3.89. The van der Waals surface area contributed by atoms with Crippen LogP contribution in [0, 0.1) is 5.82 Å². The Morgan fingerprint density at radius 3 is 2.84 bits per heavy atom. The van der Waals surface area contributed by atoms with Crippen molar-refractivity contribution >= 4 is 0 Å². The number of rotatable bonds is 5. The number of likely N-dealkylation sites (tertiary alicyclic amines) is 1. The summed E-state index contributed by atoms with van der Waals surface area (Å²) in [6.45, 7) is 9.11. The second-order valence-electron chi connectivity index (χ2n) is 5.92. The van der Waals surface area contributed by atoms with Crippen LogP contribution in [0.3, 0.4) is 0 Å². The molecule has 0 spiro atoms. The molecule has 1 heterocycles. The van der Waals surface area contributed by atoms with Crippen molar-refractivity contribution in [1.29, 1.82) is 0 Å². The molecule has 0 radical (unpaired) electrons. The molecule has 3 heteroatoms. The molecular formula is C16H25FN2. The third-order valence-electron chi connectivity index (χ3n) is 3.89. The average molecular weight is 264 g/mol. The van der Waals surface area contributed by atoms with Crippen molar-refractivity contribution in [1.82, 2.24) is 10.2 Å². The molecule has 106 valence electrons. The summed E-state index contributed by atoms with van der Waals surface area (Å²) in [4.78, 5) is 2.37. The van der Waals surface area contributed by atoms with Gasteiger partial charge in [-0.15, -0.1) is 0 Å². The Morgan fingerprint density at radius 1 is 1.42 bits per heavy atom.